The SMILES string of the molecule is CCC(C)C(C(CC(=O)N1CCC[C@H]1C(OC)C(C)C(=O)NC(Cc1ccccc1)C(=O)O)OC)N(C)C(=O)C(NC(=O)[C@@H]1CCCCN1C)C(C)C. The second-order valence-corrected chi connectivity index (χ2v) is 15.4. The van der Waals surface area contributed by atoms with E-state index in [1.807, 2.05) is 70.0 Å². The van der Waals surface area contributed by atoms with E-state index in [0.717, 1.165) is 37.8 Å². The quantitative estimate of drug-likeness (QED) is 0.193. The number of nitrogens with zero attached hydrogens (tertiary/aromatic N) is 3. The predicted molar refractivity (Wildman–Crippen MR) is 203 cm³/mol. The molecule has 9 atom stereocenters. The van der Waals surface area contributed by atoms with Crippen LogP contribution in [0.1, 0.15) is 85.1 Å². The zero-order chi connectivity index (χ0) is 39.4. The summed E-state index contributed by atoms with van der Waals surface area (Å²) in [6, 6.07) is 6.10. The van der Waals surface area contributed by atoms with Crippen LogP contribution in [0, 0.1) is 17.8 Å². The van der Waals surface area contributed by atoms with E-state index < -0.39 is 54.2 Å². The number of benzene rings is 1. The fourth-order valence-corrected chi connectivity index (χ4v) is 8.05. The number of piperidine rings is 1. The largest absolute Gasteiger partial charge is 0.480 e. The monoisotopic (exact) mass is 743 g/mol. The first-order valence-corrected chi connectivity index (χ1v) is 19.4. The van der Waals surface area contributed by atoms with Crippen LogP contribution in [0.2, 0.25) is 0 Å². The van der Waals surface area contributed by atoms with Gasteiger partial charge in [-0.05, 0) is 56.7 Å². The van der Waals surface area contributed by atoms with Crippen molar-refractivity contribution in [3.63, 3.8) is 0 Å². The van der Waals surface area contributed by atoms with Crippen LogP contribution in [0.5, 0.6) is 0 Å². The number of methoxy groups -OCH3 is 2. The van der Waals surface area contributed by atoms with E-state index in [1.165, 1.54) is 7.11 Å². The van der Waals surface area contributed by atoms with E-state index in [1.54, 1.807) is 30.9 Å². The molecule has 1 aromatic rings. The number of ether oxygens (including phenoxy) is 2. The van der Waals surface area contributed by atoms with Gasteiger partial charge >= 0.3 is 5.97 Å². The van der Waals surface area contributed by atoms with Gasteiger partial charge in [-0.3, -0.25) is 24.1 Å². The van der Waals surface area contributed by atoms with Gasteiger partial charge in [-0.2, -0.15) is 0 Å². The van der Waals surface area contributed by atoms with Gasteiger partial charge in [0.25, 0.3) is 0 Å². The van der Waals surface area contributed by atoms with Crippen molar-refractivity contribution in [2.24, 2.45) is 17.8 Å². The predicted octanol–water partition coefficient (Wildman–Crippen LogP) is 3.34. The third-order valence-electron chi connectivity index (χ3n) is 11.5. The fraction of sp³-hybridized carbons (Fsp3) is 0.725. The minimum atomic E-state index is -1.13. The van der Waals surface area contributed by atoms with Crippen molar-refractivity contribution in [1.82, 2.24) is 25.3 Å². The van der Waals surface area contributed by atoms with E-state index in [0.29, 0.717) is 19.4 Å². The first-order valence-electron chi connectivity index (χ1n) is 19.4. The number of aliphatic carboxylic acids is 1. The average Bonchev–Trinajstić information content (AvgIpc) is 3.63. The van der Waals surface area contributed by atoms with E-state index in [9.17, 15) is 29.1 Å². The molecule has 0 spiro atoms. The number of amides is 4. The summed E-state index contributed by atoms with van der Waals surface area (Å²) in [5, 5.41) is 15.6. The summed E-state index contributed by atoms with van der Waals surface area (Å²) >= 11 is 0. The van der Waals surface area contributed by atoms with Gasteiger partial charge in [0.2, 0.25) is 23.6 Å². The Bertz CT molecular complexity index is 1360. The first kappa shape index (κ1) is 43.9. The van der Waals surface area contributed by atoms with Gasteiger partial charge in [-0.1, -0.05) is 77.8 Å². The lowest BCUT2D eigenvalue weighted by molar-refractivity contribution is -0.148. The van der Waals surface area contributed by atoms with Crippen molar-refractivity contribution in [3.8, 4) is 0 Å². The molecule has 3 rings (SSSR count). The Balaban J connectivity index is 1.75. The number of hydrogen-bond donors (Lipinski definition) is 3. The number of likely N-dealkylation sites (N-methyl/N-ethyl adjacent to an activating group) is 2. The first-order chi connectivity index (χ1) is 25.2. The number of carboxylic acids is 1. The number of rotatable bonds is 19. The highest BCUT2D eigenvalue weighted by atomic mass is 16.5. The molecule has 0 radical (unpaired) electrons. The lowest BCUT2D eigenvalue weighted by Gasteiger charge is -2.41. The summed E-state index contributed by atoms with van der Waals surface area (Å²) in [6.45, 7) is 10.9. The van der Waals surface area contributed by atoms with Crippen LogP contribution in [-0.4, -0.2) is 133 Å². The Labute approximate surface area is 316 Å². The number of likely N-dealkylation sites (tertiary alicyclic amines) is 2. The molecule has 2 fully saturated rings. The van der Waals surface area contributed by atoms with Gasteiger partial charge in [0.05, 0.1) is 42.7 Å². The molecule has 13 nitrogen and oxygen atoms in total. The summed E-state index contributed by atoms with van der Waals surface area (Å²) in [6.07, 6.45) is 3.64. The molecule has 1 aromatic carbocycles. The standard InChI is InChI=1S/C40H65N5O8/c1-10-26(4)35(44(7)39(49)34(25(2)3)42-38(48)31-19-14-15-21-43(31)6)32(52-8)24-33(46)45-22-16-20-30(45)36(53-9)27(5)37(47)41-29(40(50)51)23-28-17-12-11-13-18-28/h11-13,17-18,25-27,29-32,34-36H,10,14-16,19-24H2,1-9H3,(H,41,47)(H,42,48)(H,50,51)/t26?,27?,29?,30-,31-,32?,34?,35?,36?/m0/s1. The molecule has 0 aromatic heterocycles. The van der Waals surface area contributed by atoms with Gasteiger partial charge in [-0.15, -0.1) is 0 Å². The summed E-state index contributed by atoms with van der Waals surface area (Å²) in [4.78, 5) is 72.8. The van der Waals surface area contributed by atoms with Crippen molar-refractivity contribution in [2.75, 3.05) is 41.4 Å². The number of hydrogen-bond acceptors (Lipinski definition) is 8. The van der Waals surface area contributed by atoms with Crippen LogP contribution in [0.15, 0.2) is 30.3 Å². The molecule has 298 valence electrons. The molecule has 0 saturated carbocycles. The van der Waals surface area contributed by atoms with E-state index in [4.69, 9.17) is 9.47 Å². The summed E-state index contributed by atoms with van der Waals surface area (Å²) in [5.41, 5.74) is 0.788. The van der Waals surface area contributed by atoms with E-state index in [2.05, 4.69) is 10.6 Å². The minimum absolute atomic E-state index is 0.000372. The smallest absolute Gasteiger partial charge is 0.326 e. The molecule has 0 aliphatic carbocycles. The molecule has 2 heterocycles. The minimum Gasteiger partial charge on any atom is -0.480 e. The van der Waals surface area contributed by atoms with Gasteiger partial charge in [0, 0.05) is 34.2 Å². The Hall–Kier alpha value is -3.55. The lowest BCUT2D eigenvalue weighted by Crippen LogP contribution is -2.59. The molecule has 4 amide bonds. The van der Waals surface area contributed by atoms with Crippen molar-refractivity contribution in [2.45, 2.75) is 128 Å². The topological polar surface area (TPSA) is 158 Å². The van der Waals surface area contributed by atoms with Gasteiger partial charge in [0.15, 0.2) is 0 Å². The van der Waals surface area contributed by atoms with Crippen LogP contribution in [-0.2, 0) is 39.9 Å². The number of carboxylic acid groups (broad SMARTS) is 1. The highest BCUT2D eigenvalue weighted by Crippen LogP contribution is 2.30. The zero-order valence-electron chi connectivity index (χ0n) is 33.4. The third-order valence-corrected chi connectivity index (χ3v) is 11.5. The second-order valence-electron chi connectivity index (χ2n) is 15.4. The van der Waals surface area contributed by atoms with Crippen LogP contribution >= 0.6 is 0 Å². The summed E-state index contributed by atoms with van der Waals surface area (Å²) in [5.74, 6) is -3.08. The molecule has 7 unspecified atom stereocenters. The zero-order valence-corrected chi connectivity index (χ0v) is 33.4. The Morgan fingerprint density at radius 1 is 0.943 bits per heavy atom. The molecule has 0 bridgehead atoms. The van der Waals surface area contributed by atoms with Gasteiger partial charge in [0.1, 0.15) is 12.1 Å². The maximum Gasteiger partial charge on any atom is 0.326 e. The molecule has 2 aliphatic heterocycles. The molecule has 13 heteroatoms. The summed E-state index contributed by atoms with van der Waals surface area (Å²) < 4.78 is 11.9. The second kappa shape index (κ2) is 20.8. The molecule has 2 aliphatic rings. The number of carbonyl (C=O) groups excluding carboxylic acids is 4. The Morgan fingerprint density at radius 3 is 2.19 bits per heavy atom. The maximum absolute atomic E-state index is 14.2. The molecule has 3 N–H and O–H groups in total. The Morgan fingerprint density at radius 2 is 1.62 bits per heavy atom. The summed E-state index contributed by atoms with van der Waals surface area (Å²) in [7, 11) is 6.72. The third kappa shape index (κ3) is 11.5. The van der Waals surface area contributed by atoms with Gasteiger partial charge < -0.3 is 35.0 Å². The number of nitrogens with one attached hydrogen (secondary N) is 2. The Kier molecular flexibility index (Phi) is 17.2. The van der Waals surface area contributed by atoms with Crippen LogP contribution < -0.4 is 10.6 Å². The molecule has 2 saturated heterocycles. The van der Waals surface area contributed by atoms with E-state index >= 15 is 0 Å². The van der Waals surface area contributed by atoms with Crippen molar-refractivity contribution in [1.29, 1.82) is 0 Å². The molecule has 53 heavy (non-hydrogen) atoms. The normalized spacial score (nSPS) is 21.9. The van der Waals surface area contributed by atoms with Crippen molar-refractivity contribution >= 4 is 29.6 Å². The van der Waals surface area contributed by atoms with Crippen LogP contribution in [0.25, 0.3) is 0 Å². The fourth-order valence-electron chi connectivity index (χ4n) is 8.05. The maximum atomic E-state index is 14.2. The lowest BCUT2D eigenvalue weighted by atomic mass is 9.89. The van der Waals surface area contributed by atoms with E-state index in [-0.39, 0.29) is 48.4 Å². The van der Waals surface area contributed by atoms with Crippen LogP contribution in [0.3, 0.4) is 0 Å². The highest BCUT2D eigenvalue weighted by molar-refractivity contribution is 5.90. The molecular weight excluding hydrogens is 678 g/mol. The van der Waals surface area contributed by atoms with Gasteiger partial charge in [-0.25, -0.2) is 4.79 Å². The van der Waals surface area contributed by atoms with Crippen molar-refractivity contribution in [3.05, 3.63) is 35.9 Å². The van der Waals surface area contributed by atoms with Crippen LogP contribution in [0.4, 0.5) is 0 Å². The highest BCUT2D eigenvalue weighted by Gasteiger charge is 2.43. The number of carbonyl (C=O) groups is 5. The van der Waals surface area contributed by atoms with Crippen molar-refractivity contribution < 1.29 is 38.6 Å². The average molecular weight is 744 g/mol. The molecular formula is C40H65N5O8.